The molecule has 0 aliphatic rings. The molecule has 0 unspecified atom stereocenters. The van der Waals surface area contributed by atoms with Gasteiger partial charge in [-0.05, 0) is 33.3 Å². The van der Waals surface area contributed by atoms with Gasteiger partial charge < -0.3 is 16.0 Å². The van der Waals surface area contributed by atoms with E-state index in [0.29, 0.717) is 12.5 Å². The molecule has 116 valence electrons. The van der Waals surface area contributed by atoms with Crippen LogP contribution >= 0.6 is 0 Å². The number of carbonyl (C=O) groups is 1. The largest absolute Gasteiger partial charge is 0.357 e. The van der Waals surface area contributed by atoms with Crippen molar-refractivity contribution in [3.8, 4) is 0 Å². The van der Waals surface area contributed by atoms with E-state index in [-0.39, 0.29) is 18.0 Å². The molecule has 0 heterocycles. The molecule has 21 heavy (non-hydrogen) atoms. The van der Waals surface area contributed by atoms with Crippen LogP contribution in [-0.4, -0.2) is 30.5 Å². The third kappa shape index (κ3) is 7.97. The van der Waals surface area contributed by atoms with Crippen LogP contribution in [0.4, 0.5) is 0 Å². The van der Waals surface area contributed by atoms with Gasteiger partial charge in [0.25, 0.3) is 0 Å². The van der Waals surface area contributed by atoms with Crippen molar-refractivity contribution in [3.63, 3.8) is 0 Å². The fourth-order valence-electron chi connectivity index (χ4n) is 1.72. The van der Waals surface area contributed by atoms with Gasteiger partial charge in [0.2, 0.25) is 5.91 Å². The number of nitrogens with one attached hydrogen (secondary N) is 3. The molecule has 0 bridgehead atoms. The third-order valence-corrected chi connectivity index (χ3v) is 2.54. The van der Waals surface area contributed by atoms with Gasteiger partial charge in [0.15, 0.2) is 5.96 Å². The van der Waals surface area contributed by atoms with E-state index in [4.69, 9.17) is 0 Å². The lowest BCUT2D eigenvalue weighted by molar-refractivity contribution is -0.121. The smallest absolute Gasteiger partial charge is 0.239 e. The average Bonchev–Trinajstić information content (AvgIpc) is 2.41. The Balaban J connectivity index is 2.51. The van der Waals surface area contributed by atoms with E-state index in [0.717, 1.165) is 12.1 Å². The van der Waals surface area contributed by atoms with Gasteiger partial charge >= 0.3 is 0 Å². The minimum Gasteiger partial charge on any atom is -0.357 e. The molecule has 0 aliphatic heterocycles. The van der Waals surface area contributed by atoms with Crippen LogP contribution in [0.15, 0.2) is 35.3 Å². The first-order chi connectivity index (χ1) is 9.90. The molecular weight excluding hydrogens is 264 g/mol. The summed E-state index contributed by atoms with van der Waals surface area (Å²) < 4.78 is 0. The average molecular weight is 290 g/mol. The van der Waals surface area contributed by atoms with Gasteiger partial charge in [-0.15, -0.1) is 0 Å². The van der Waals surface area contributed by atoms with E-state index in [2.05, 4.69) is 20.9 Å². The fourth-order valence-corrected chi connectivity index (χ4v) is 1.72. The normalized spacial score (nSPS) is 11.9. The minimum absolute atomic E-state index is 0.0483. The first kappa shape index (κ1) is 17.0. The van der Waals surface area contributed by atoms with Crippen LogP contribution in [0.1, 0.15) is 33.3 Å². The van der Waals surface area contributed by atoms with Gasteiger partial charge in [-0.1, -0.05) is 30.3 Å². The quantitative estimate of drug-likeness (QED) is 0.571. The Labute approximate surface area is 127 Å². The standard InChI is InChI=1S/C16H26N4O/c1-5-17-15(18-11-13-9-7-6-8-10-13)19-12-14(21)20-16(2,3)4/h6-10H,5,11-12H2,1-4H3,(H,20,21)(H2,17,18,19). The maximum absolute atomic E-state index is 11.8. The number of nitrogens with zero attached hydrogens (tertiary/aromatic N) is 1. The summed E-state index contributed by atoms with van der Waals surface area (Å²) in [7, 11) is 0. The van der Waals surface area contributed by atoms with E-state index in [1.807, 2.05) is 58.0 Å². The number of carbonyl (C=O) groups excluding carboxylic acids is 1. The second-order valence-corrected chi connectivity index (χ2v) is 5.83. The minimum atomic E-state index is -0.224. The number of amides is 1. The van der Waals surface area contributed by atoms with Crippen molar-refractivity contribution in [2.24, 2.45) is 4.99 Å². The number of hydrogen-bond acceptors (Lipinski definition) is 2. The van der Waals surface area contributed by atoms with Gasteiger partial charge in [-0.3, -0.25) is 4.79 Å². The summed E-state index contributed by atoms with van der Waals surface area (Å²) in [6, 6.07) is 10.0. The summed E-state index contributed by atoms with van der Waals surface area (Å²) >= 11 is 0. The van der Waals surface area contributed by atoms with Crippen molar-refractivity contribution in [1.82, 2.24) is 16.0 Å². The van der Waals surface area contributed by atoms with E-state index >= 15 is 0 Å². The molecule has 0 aliphatic carbocycles. The predicted molar refractivity (Wildman–Crippen MR) is 87.2 cm³/mol. The zero-order chi connectivity index (χ0) is 15.7. The lowest BCUT2D eigenvalue weighted by Gasteiger charge is -2.21. The number of guanidine groups is 1. The molecular formula is C16H26N4O. The van der Waals surface area contributed by atoms with Crippen LogP contribution in [0.3, 0.4) is 0 Å². The highest BCUT2D eigenvalue weighted by Gasteiger charge is 2.13. The van der Waals surface area contributed by atoms with E-state index in [1.165, 1.54) is 0 Å². The van der Waals surface area contributed by atoms with Gasteiger partial charge in [-0.25, -0.2) is 4.99 Å². The molecule has 0 radical (unpaired) electrons. The summed E-state index contributed by atoms with van der Waals surface area (Å²) in [5.41, 5.74) is 0.909. The van der Waals surface area contributed by atoms with Gasteiger partial charge in [0.1, 0.15) is 0 Å². The van der Waals surface area contributed by atoms with Crippen LogP contribution in [0, 0.1) is 0 Å². The van der Waals surface area contributed by atoms with Crippen molar-refractivity contribution >= 4 is 11.9 Å². The fraction of sp³-hybridized carbons (Fsp3) is 0.500. The maximum atomic E-state index is 11.8. The van der Waals surface area contributed by atoms with Crippen molar-refractivity contribution in [2.45, 2.75) is 39.8 Å². The van der Waals surface area contributed by atoms with E-state index < -0.39 is 0 Å². The highest BCUT2D eigenvalue weighted by atomic mass is 16.2. The molecule has 3 N–H and O–H groups in total. The summed E-state index contributed by atoms with van der Waals surface area (Å²) in [6.45, 7) is 9.41. The van der Waals surface area contributed by atoms with E-state index in [1.54, 1.807) is 0 Å². The Kier molecular flexibility index (Phi) is 6.72. The number of aliphatic imine (C=N–C) groups is 1. The Bertz CT molecular complexity index is 463. The Morgan fingerprint density at radius 2 is 1.81 bits per heavy atom. The number of rotatable bonds is 5. The zero-order valence-electron chi connectivity index (χ0n) is 13.4. The highest BCUT2D eigenvalue weighted by Crippen LogP contribution is 2.00. The maximum Gasteiger partial charge on any atom is 0.239 e. The molecule has 5 nitrogen and oxygen atoms in total. The molecule has 0 saturated carbocycles. The van der Waals surface area contributed by atoms with Crippen LogP contribution in [0.2, 0.25) is 0 Å². The monoisotopic (exact) mass is 290 g/mol. The summed E-state index contributed by atoms with van der Waals surface area (Å²) in [4.78, 5) is 16.3. The molecule has 1 aromatic rings. The molecule has 1 aromatic carbocycles. The molecule has 1 rings (SSSR count). The topological polar surface area (TPSA) is 65.5 Å². The Hall–Kier alpha value is -2.04. The molecule has 0 fully saturated rings. The van der Waals surface area contributed by atoms with Crippen LogP contribution in [-0.2, 0) is 11.3 Å². The summed E-state index contributed by atoms with van der Waals surface area (Å²) in [5.74, 6) is 0.596. The van der Waals surface area contributed by atoms with Crippen molar-refractivity contribution in [1.29, 1.82) is 0 Å². The number of hydrogen-bond donors (Lipinski definition) is 3. The van der Waals surface area contributed by atoms with Crippen LogP contribution in [0.25, 0.3) is 0 Å². The molecule has 0 saturated heterocycles. The Morgan fingerprint density at radius 1 is 1.14 bits per heavy atom. The molecule has 0 atom stereocenters. The predicted octanol–water partition coefficient (Wildman–Crippen LogP) is 1.66. The molecule has 5 heteroatoms. The molecule has 1 amide bonds. The van der Waals surface area contributed by atoms with E-state index in [9.17, 15) is 4.79 Å². The first-order valence-electron chi connectivity index (χ1n) is 7.28. The summed E-state index contributed by atoms with van der Waals surface area (Å²) in [6.07, 6.45) is 0. The number of benzene rings is 1. The lowest BCUT2D eigenvalue weighted by Crippen LogP contribution is -2.48. The Morgan fingerprint density at radius 3 is 2.38 bits per heavy atom. The second-order valence-electron chi connectivity index (χ2n) is 5.83. The first-order valence-corrected chi connectivity index (χ1v) is 7.28. The SMILES string of the molecule is CCNC(=NCc1ccccc1)NCC(=O)NC(C)(C)C. The third-order valence-electron chi connectivity index (χ3n) is 2.54. The van der Waals surface area contributed by atoms with Gasteiger partial charge in [-0.2, -0.15) is 0 Å². The highest BCUT2D eigenvalue weighted by molar-refractivity contribution is 5.86. The lowest BCUT2D eigenvalue weighted by atomic mass is 10.1. The van der Waals surface area contributed by atoms with Crippen molar-refractivity contribution < 1.29 is 4.79 Å². The molecule has 0 aromatic heterocycles. The van der Waals surface area contributed by atoms with Crippen LogP contribution in [0.5, 0.6) is 0 Å². The summed E-state index contributed by atoms with van der Waals surface area (Å²) in [5, 5.41) is 9.08. The van der Waals surface area contributed by atoms with Gasteiger partial charge in [0.05, 0.1) is 13.1 Å². The zero-order valence-corrected chi connectivity index (χ0v) is 13.4. The second kappa shape index (κ2) is 8.29. The van der Waals surface area contributed by atoms with Crippen molar-refractivity contribution in [3.05, 3.63) is 35.9 Å². The van der Waals surface area contributed by atoms with Crippen molar-refractivity contribution in [2.75, 3.05) is 13.1 Å². The van der Waals surface area contributed by atoms with Crippen LogP contribution < -0.4 is 16.0 Å². The molecule has 0 spiro atoms. The van der Waals surface area contributed by atoms with Gasteiger partial charge in [0, 0.05) is 12.1 Å².